The van der Waals surface area contributed by atoms with Crippen molar-refractivity contribution in [1.82, 2.24) is 34.4 Å². The van der Waals surface area contributed by atoms with Crippen LogP contribution in [0.2, 0.25) is 0 Å². The number of hydrogen-bond donors (Lipinski definition) is 2. The van der Waals surface area contributed by atoms with Crippen LogP contribution < -0.4 is 16.1 Å². The number of alkyl halides is 3. The van der Waals surface area contributed by atoms with Gasteiger partial charge in [0.05, 0.1) is 24.8 Å². The number of hydrogen-bond acceptors (Lipinski definition) is 8. The van der Waals surface area contributed by atoms with Crippen molar-refractivity contribution < 1.29 is 27.5 Å². The van der Waals surface area contributed by atoms with Crippen LogP contribution in [0.3, 0.4) is 0 Å². The van der Waals surface area contributed by atoms with Gasteiger partial charge in [0, 0.05) is 45.4 Å². The first-order valence-electron chi connectivity index (χ1n) is 14.8. The summed E-state index contributed by atoms with van der Waals surface area (Å²) in [5.41, 5.74) is -1.08. The van der Waals surface area contributed by atoms with E-state index in [1.54, 1.807) is 23.2 Å². The molecule has 0 unspecified atom stereocenters. The Hall–Kier alpha value is -4.86. The summed E-state index contributed by atoms with van der Waals surface area (Å²) in [5, 5.41) is 0. The second-order valence-corrected chi connectivity index (χ2v) is 10.9. The van der Waals surface area contributed by atoms with Crippen molar-refractivity contribution >= 4 is 28.8 Å². The van der Waals surface area contributed by atoms with Gasteiger partial charge in [-0.25, -0.2) is 14.8 Å². The molecule has 5 rings (SSSR count). The Morgan fingerprint density at radius 1 is 1.11 bits per heavy atom. The number of likely N-dealkylation sites (tertiary alicyclic amines) is 1. The molecule has 0 bridgehead atoms. The number of aromatic amines is 2. The number of carbonyl (C=O) groups is 2. The first-order valence-corrected chi connectivity index (χ1v) is 14.8. The van der Waals surface area contributed by atoms with E-state index in [1.165, 1.54) is 16.6 Å². The fourth-order valence-corrected chi connectivity index (χ4v) is 5.51. The molecule has 1 aliphatic rings. The normalized spacial score (nSPS) is 14.3. The number of methoxy groups -OCH3 is 1. The lowest BCUT2D eigenvalue weighted by atomic mass is 10.0. The number of imidazole rings is 1. The molecule has 0 radical (unpaired) electrons. The first-order chi connectivity index (χ1) is 22.0. The Morgan fingerprint density at radius 3 is 2.52 bits per heavy atom. The Morgan fingerprint density at radius 2 is 1.91 bits per heavy atom. The molecule has 4 aromatic rings. The van der Waals surface area contributed by atoms with Crippen molar-refractivity contribution in [3.63, 3.8) is 0 Å². The van der Waals surface area contributed by atoms with E-state index in [0.29, 0.717) is 56.6 Å². The van der Waals surface area contributed by atoms with E-state index in [9.17, 15) is 32.3 Å². The fourth-order valence-electron chi connectivity index (χ4n) is 5.51. The molecule has 46 heavy (non-hydrogen) atoms. The minimum absolute atomic E-state index is 0.0152. The average Bonchev–Trinajstić information content (AvgIpc) is 3.66. The summed E-state index contributed by atoms with van der Waals surface area (Å²) in [7, 11) is 1.46. The van der Waals surface area contributed by atoms with E-state index in [4.69, 9.17) is 4.74 Å². The van der Waals surface area contributed by atoms with Crippen LogP contribution >= 0.6 is 0 Å². The Bertz CT molecular complexity index is 1820. The van der Waals surface area contributed by atoms with Gasteiger partial charge in [-0.05, 0) is 43.0 Å². The van der Waals surface area contributed by atoms with Crippen molar-refractivity contribution in [2.75, 3.05) is 31.7 Å². The highest BCUT2D eigenvalue weighted by atomic mass is 19.4. The molecule has 0 aromatic carbocycles. The van der Waals surface area contributed by atoms with Crippen LogP contribution in [-0.2, 0) is 28.7 Å². The van der Waals surface area contributed by atoms with Crippen LogP contribution in [0.4, 0.5) is 19.0 Å². The van der Waals surface area contributed by atoms with Crippen molar-refractivity contribution in [2.24, 2.45) is 0 Å². The molecule has 5 heterocycles. The summed E-state index contributed by atoms with van der Waals surface area (Å²) in [4.78, 5) is 71.8. The third-order valence-corrected chi connectivity index (χ3v) is 7.77. The monoisotopic (exact) mass is 642 g/mol. The van der Waals surface area contributed by atoms with E-state index in [0.717, 1.165) is 18.3 Å². The molecule has 2 amide bonds. The number of aryl methyl sites for hydroxylation is 2. The highest BCUT2D eigenvalue weighted by Gasteiger charge is 2.33. The van der Waals surface area contributed by atoms with Crippen molar-refractivity contribution in [3.8, 4) is 0 Å². The van der Waals surface area contributed by atoms with E-state index < -0.39 is 35.1 Å². The minimum Gasteiger partial charge on any atom is -0.383 e. The van der Waals surface area contributed by atoms with E-state index >= 15 is 0 Å². The van der Waals surface area contributed by atoms with Gasteiger partial charge in [-0.1, -0.05) is 13.0 Å². The molecule has 244 valence electrons. The predicted octanol–water partition coefficient (Wildman–Crippen LogP) is 3.22. The lowest BCUT2D eigenvalue weighted by Crippen LogP contribution is -2.35. The number of anilines is 1. The standard InChI is InChI=1S/C30H33F3N8O5/c1-3-12-41-26-25(27(43)38-29(41)45)36-22(37-26)10-8-20(39-13-4-5-24(39)42)18-7-11-23(35-16-18)40(14-15-46-2)28(44)19-6-9-21(34-17-19)30(31,32)33/h6-7,9,11,16-17,20H,3-5,8,10,12-15H2,1-2H3,(H,36,37)(H,38,43,45)/t20-/m0/s1. The molecule has 4 aromatic heterocycles. The largest absolute Gasteiger partial charge is 0.433 e. The number of rotatable bonds is 12. The Kier molecular flexibility index (Phi) is 9.65. The summed E-state index contributed by atoms with van der Waals surface area (Å²) in [6.45, 7) is 3.05. The summed E-state index contributed by atoms with van der Waals surface area (Å²) >= 11 is 0. The first kappa shape index (κ1) is 32.5. The van der Waals surface area contributed by atoms with Gasteiger partial charge in [0.25, 0.3) is 11.5 Å². The van der Waals surface area contributed by atoms with Crippen LogP contribution in [0.15, 0.2) is 46.2 Å². The number of aromatic nitrogens is 6. The highest BCUT2D eigenvalue weighted by molar-refractivity contribution is 6.05. The van der Waals surface area contributed by atoms with Gasteiger partial charge < -0.3 is 14.6 Å². The zero-order valence-corrected chi connectivity index (χ0v) is 25.3. The van der Waals surface area contributed by atoms with Crippen LogP contribution in [0, 0.1) is 0 Å². The molecular formula is C30H33F3N8O5. The van der Waals surface area contributed by atoms with E-state index in [1.807, 2.05) is 6.92 Å². The van der Waals surface area contributed by atoms with Gasteiger partial charge in [-0.15, -0.1) is 0 Å². The van der Waals surface area contributed by atoms with Gasteiger partial charge >= 0.3 is 11.9 Å². The molecule has 0 aliphatic carbocycles. The molecule has 0 spiro atoms. The Balaban J connectivity index is 1.41. The van der Waals surface area contributed by atoms with Crippen LogP contribution in [0.1, 0.15) is 66.1 Å². The topological polar surface area (TPSA) is 159 Å². The number of carbonyl (C=O) groups excluding carboxylic acids is 2. The minimum atomic E-state index is -4.64. The van der Waals surface area contributed by atoms with Crippen LogP contribution in [0.5, 0.6) is 0 Å². The summed E-state index contributed by atoms with van der Waals surface area (Å²) in [6, 6.07) is 4.77. The highest BCUT2D eigenvalue weighted by Crippen LogP contribution is 2.31. The summed E-state index contributed by atoms with van der Waals surface area (Å²) in [6.07, 6.45) is 0.350. The third kappa shape index (κ3) is 6.85. The number of pyridine rings is 2. The maximum atomic E-state index is 13.3. The van der Waals surface area contributed by atoms with Crippen LogP contribution in [-0.4, -0.2) is 73.0 Å². The van der Waals surface area contributed by atoms with Gasteiger partial charge in [-0.2, -0.15) is 13.2 Å². The fraction of sp³-hybridized carbons (Fsp3) is 0.433. The number of ether oxygens (including phenoxy) is 1. The maximum absolute atomic E-state index is 13.3. The van der Waals surface area contributed by atoms with E-state index in [-0.39, 0.29) is 41.6 Å². The van der Waals surface area contributed by atoms with E-state index in [2.05, 4.69) is 24.9 Å². The van der Waals surface area contributed by atoms with Crippen molar-refractivity contribution in [1.29, 1.82) is 0 Å². The molecule has 0 saturated carbocycles. The maximum Gasteiger partial charge on any atom is 0.433 e. The van der Waals surface area contributed by atoms with Gasteiger partial charge in [0.1, 0.15) is 22.9 Å². The zero-order chi connectivity index (χ0) is 33.0. The predicted molar refractivity (Wildman–Crippen MR) is 160 cm³/mol. The molecule has 2 N–H and O–H groups in total. The molecule has 1 aliphatic heterocycles. The third-order valence-electron chi connectivity index (χ3n) is 7.77. The number of halogens is 3. The van der Waals surface area contributed by atoms with Gasteiger partial charge in [-0.3, -0.25) is 33.8 Å². The molecular weight excluding hydrogens is 609 g/mol. The SMILES string of the molecule is CCCn1c(=O)[nH]c(=O)c2[nH]c(CC[C@@H](c3ccc(N(CCOC)C(=O)c4ccc(C(F)(F)F)nc4)nc3)N3CCCC3=O)nc21. The molecule has 1 fully saturated rings. The number of amides is 2. The zero-order valence-electron chi connectivity index (χ0n) is 25.3. The quantitative estimate of drug-likeness (QED) is 0.238. The number of nitrogens with one attached hydrogen (secondary N) is 2. The average molecular weight is 643 g/mol. The number of H-pyrrole nitrogens is 2. The molecule has 13 nitrogen and oxygen atoms in total. The number of fused-ring (bicyclic) bond motifs is 1. The summed E-state index contributed by atoms with van der Waals surface area (Å²) < 4.78 is 45.5. The van der Waals surface area contributed by atoms with Gasteiger partial charge in [0.2, 0.25) is 5.91 Å². The van der Waals surface area contributed by atoms with Crippen LogP contribution in [0.25, 0.3) is 11.2 Å². The summed E-state index contributed by atoms with van der Waals surface area (Å²) in [5.74, 6) is 0.103. The Labute approximate surface area is 260 Å². The lowest BCUT2D eigenvalue weighted by Gasteiger charge is -2.28. The van der Waals surface area contributed by atoms with Crippen molar-refractivity contribution in [3.05, 3.63) is 80.1 Å². The second-order valence-electron chi connectivity index (χ2n) is 10.9. The van der Waals surface area contributed by atoms with Crippen molar-refractivity contribution in [2.45, 2.75) is 57.8 Å². The second kappa shape index (κ2) is 13.6. The molecule has 1 saturated heterocycles. The smallest absolute Gasteiger partial charge is 0.383 e. The molecule has 1 atom stereocenters. The lowest BCUT2D eigenvalue weighted by molar-refractivity contribution is -0.141. The van der Waals surface area contributed by atoms with Gasteiger partial charge in [0.15, 0.2) is 5.65 Å². The molecule has 16 heteroatoms. The number of nitrogens with zero attached hydrogens (tertiary/aromatic N) is 6.